The number of hydrogen-bond donors (Lipinski definition) is 1. The summed E-state index contributed by atoms with van der Waals surface area (Å²) in [6, 6.07) is 5.88. The van der Waals surface area contributed by atoms with Crippen LogP contribution in [0.2, 0.25) is 0 Å². The highest BCUT2D eigenvalue weighted by atomic mass is 16.6. The summed E-state index contributed by atoms with van der Waals surface area (Å²) in [6.45, 7) is 5.63. The Kier molecular flexibility index (Phi) is 6.92. The van der Waals surface area contributed by atoms with Crippen LogP contribution in [0.5, 0.6) is 0 Å². The Hall–Kier alpha value is -3.16. The van der Waals surface area contributed by atoms with Gasteiger partial charge in [0, 0.05) is 23.5 Å². The third kappa shape index (κ3) is 4.39. The van der Waals surface area contributed by atoms with Crippen molar-refractivity contribution < 1.29 is 24.0 Å². The number of unbranched alkanes of at least 4 members (excludes halogenated alkanes) is 1. The maximum atomic E-state index is 12.8. The molecule has 0 amide bonds. The number of esters is 2. The van der Waals surface area contributed by atoms with Crippen molar-refractivity contribution in [1.29, 1.82) is 0 Å². The molecule has 0 aromatic heterocycles. The van der Waals surface area contributed by atoms with E-state index in [4.69, 9.17) is 9.47 Å². The highest BCUT2D eigenvalue weighted by Crippen LogP contribution is 2.40. The van der Waals surface area contributed by atoms with Gasteiger partial charge in [0.05, 0.1) is 35.7 Å². The van der Waals surface area contributed by atoms with E-state index in [0.29, 0.717) is 23.4 Å². The van der Waals surface area contributed by atoms with E-state index < -0.39 is 22.8 Å². The first-order valence-corrected chi connectivity index (χ1v) is 9.00. The second-order valence-corrected chi connectivity index (χ2v) is 6.47. The Balaban J connectivity index is 2.60. The number of ether oxygens (including phenoxy) is 2. The van der Waals surface area contributed by atoms with Gasteiger partial charge in [-0.15, -0.1) is 0 Å². The maximum Gasteiger partial charge on any atom is 0.336 e. The SMILES string of the molecule is CCCCOC(=O)C1=C(C)NC(C)=C(C(=O)OC)C1c1cccc([N+](=O)[O-])c1. The molecule has 150 valence electrons. The van der Waals surface area contributed by atoms with Gasteiger partial charge >= 0.3 is 11.9 Å². The molecule has 1 atom stereocenters. The van der Waals surface area contributed by atoms with Gasteiger partial charge in [0.1, 0.15) is 0 Å². The molecule has 1 unspecified atom stereocenters. The molecule has 1 N–H and O–H groups in total. The van der Waals surface area contributed by atoms with Crippen LogP contribution in [0.15, 0.2) is 46.8 Å². The molecular weight excluding hydrogens is 364 g/mol. The molecule has 0 saturated heterocycles. The van der Waals surface area contributed by atoms with Crippen molar-refractivity contribution in [2.75, 3.05) is 13.7 Å². The first-order chi connectivity index (χ1) is 13.3. The lowest BCUT2D eigenvalue weighted by atomic mass is 9.80. The molecule has 0 bridgehead atoms. The molecular formula is C20H24N2O6. The molecule has 1 aliphatic heterocycles. The van der Waals surface area contributed by atoms with Gasteiger partial charge in [0.25, 0.3) is 5.69 Å². The van der Waals surface area contributed by atoms with Crippen LogP contribution >= 0.6 is 0 Å². The van der Waals surface area contributed by atoms with Crippen molar-refractivity contribution >= 4 is 17.6 Å². The number of dihydropyridines is 1. The fraction of sp³-hybridized carbons (Fsp3) is 0.400. The van der Waals surface area contributed by atoms with E-state index in [2.05, 4.69) is 5.32 Å². The molecule has 8 nitrogen and oxygen atoms in total. The van der Waals surface area contributed by atoms with Gasteiger partial charge < -0.3 is 14.8 Å². The second-order valence-electron chi connectivity index (χ2n) is 6.47. The zero-order valence-corrected chi connectivity index (χ0v) is 16.4. The molecule has 28 heavy (non-hydrogen) atoms. The van der Waals surface area contributed by atoms with Crippen LogP contribution in [0, 0.1) is 10.1 Å². The molecule has 1 aliphatic rings. The Labute approximate surface area is 163 Å². The molecule has 1 aromatic rings. The summed E-state index contributed by atoms with van der Waals surface area (Å²) in [4.78, 5) is 36.0. The number of methoxy groups -OCH3 is 1. The van der Waals surface area contributed by atoms with E-state index in [9.17, 15) is 19.7 Å². The lowest BCUT2D eigenvalue weighted by Crippen LogP contribution is -2.32. The smallest absolute Gasteiger partial charge is 0.336 e. The van der Waals surface area contributed by atoms with Crippen molar-refractivity contribution in [2.24, 2.45) is 0 Å². The number of hydrogen-bond acceptors (Lipinski definition) is 7. The van der Waals surface area contributed by atoms with Crippen molar-refractivity contribution in [1.82, 2.24) is 5.32 Å². The molecule has 8 heteroatoms. The van der Waals surface area contributed by atoms with Crippen LogP contribution in [0.25, 0.3) is 0 Å². The number of allylic oxidation sites excluding steroid dienone is 2. The van der Waals surface area contributed by atoms with E-state index in [1.54, 1.807) is 19.9 Å². The molecule has 0 fully saturated rings. The Morgan fingerprint density at radius 1 is 1.18 bits per heavy atom. The van der Waals surface area contributed by atoms with Gasteiger partial charge in [0.2, 0.25) is 0 Å². The van der Waals surface area contributed by atoms with Gasteiger partial charge in [-0.05, 0) is 25.8 Å². The number of nitro benzene ring substituents is 1. The molecule has 2 rings (SSSR count). The lowest BCUT2D eigenvalue weighted by Gasteiger charge is -2.30. The Bertz CT molecular complexity index is 856. The van der Waals surface area contributed by atoms with Crippen molar-refractivity contribution in [3.63, 3.8) is 0 Å². The highest BCUT2D eigenvalue weighted by Gasteiger charge is 2.38. The number of carbonyl (C=O) groups is 2. The van der Waals surface area contributed by atoms with Crippen LogP contribution in [0.3, 0.4) is 0 Å². The minimum Gasteiger partial charge on any atom is -0.466 e. The van der Waals surface area contributed by atoms with Gasteiger partial charge in [0.15, 0.2) is 0 Å². The first kappa shape index (κ1) is 21.1. The second kappa shape index (κ2) is 9.16. The minimum atomic E-state index is -0.831. The third-order valence-corrected chi connectivity index (χ3v) is 4.53. The average Bonchev–Trinajstić information content (AvgIpc) is 2.67. The van der Waals surface area contributed by atoms with Gasteiger partial charge in [-0.2, -0.15) is 0 Å². The molecule has 1 heterocycles. The monoisotopic (exact) mass is 388 g/mol. The fourth-order valence-electron chi connectivity index (χ4n) is 3.18. The summed E-state index contributed by atoms with van der Waals surface area (Å²) < 4.78 is 10.3. The van der Waals surface area contributed by atoms with Gasteiger partial charge in [-0.3, -0.25) is 10.1 Å². The predicted octanol–water partition coefficient (Wildman–Crippen LogP) is 3.35. The number of nitro groups is 1. The summed E-state index contributed by atoms with van der Waals surface area (Å²) in [5, 5.41) is 14.2. The molecule has 0 spiro atoms. The van der Waals surface area contributed by atoms with E-state index in [0.717, 1.165) is 6.42 Å². The number of carbonyl (C=O) groups excluding carboxylic acids is 2. The summed E-state index contributed by atoms with van der Waals surface area (Å²) in [5.74, 6) is -2.01. The van der Waals surface area contributed by atoms with Crippen molar-refractivity contribution in [2.45, 2.75) is 39.5 Å². The quantitative estimate of drug-likeness (QED) is 0.330. The average molecular weight is 388 g/mol. The van der Waals surface area contributed by atoms with Crippen LogP contribution in [0.1, 0.15) is 45.1 Å². The Morgan fingerprint density at radius 2 is 1.82 bits per heavy atom. The number of rotatable bonds is 7. The summed E-state index contributed by atoms with van der Waals surface area (Å²) in [6.07, 6.45) is 1.58. The normalized spacial score (nSPS) is 16.5. The van der Waals surface area contributed by atoms with E-state index >= 15 is 0 Å². The van der Waals surface area contributed by atoms with Crippen LogP contribution < -0.4 is 5.32 Å². The maximum absolute atomic E-state index is 12.8. The van der Waals surface area contributed by atoms with Crippen molar-refractivity contribution in [3.8, 4) is 0 Å². The van der Waals surface area contributed by atoms with Gasteiger partial charge in [-0.1, -0.05) is 25.5 Å². The number of nitrogens with zero attached hydrogens (tertiary/aromatic N) is 1. The molecule has 0 saturated carbocycles. The lowest BCUT2D eigenvalue weighted by molar-refractivity contribution is -0.384. The van der Waals surface area contributed by atoms with E-state index in [1.807, 2.05) is 6.92 Å². The number of benzene rings is 1. The van der Waals surface area contributed by atoms with E-state index in [1.165, 1.54) is 25.3 Å². The summed E-state index contributed by atoms with van der Waals surface area (Å²) >= 11 is 0. The van der Waals surface area contributed by atoms with Gasteiger partial charge in [-0.25, -0.2) is 9.59 Å². The molecule has 0 radical (unpaired) electrons. The third-order valence-electron chi connectivity index (χ3n) is 4.53. The van der Waals surface area contributed by atoms with Crippen LogP contribution in [-0.2, 0) is 19.1 Å². The molecule has 1 aromatic carbocycles. The highest BCUT2D eigenvalue weighted by molar-refractivity contribution is 5.99. The standard InChI is InChI=1S/C20H24N2O6/c1-5-6-10-28-20(24)17-13(3)21-12(2)16(19(23)27-4)18(17)14-8-7-9-15(11-14)22(25)26/h7-9,11,18,21H,5-6,10H2,1-4H3. The zero-order valence-electron chi connectivity index (χ0n) is 16.4. The van der Waals surface area contributed by atoms with Crippen molar-refractivity contribution in [3.05, 3.63) is 62.5 Å². The van der Waals surface area contributed by atoms with E-state index in [-0.39, 0.29) is 23.4 Å². The number of non-ortho nitro benzene ring substituents is 1. The minimum absolute atomic E-state index is 0.130. The first-order valence-electron chi connectivity index (χ1n) is 9.00. The topological polar surface area (TPSA) is 108 Å². The predicted molar refractivity (Wildman–Crippen MR) is 102 cm³/mol. The van der Waals surface area contributed by atoms with Crippen LogP contribution in [-0.4, -0.2) is 30.6 Å². The summed E-state index contributed by atoms with van der Waals surface area (Å²) in [7, 11) is 1.25. The largest absolute Gasteiger partial charge is 0.466 e. The number of nitrogens with one attached hydrogen (secondary N) is 1. The van der Waals surface area contributed by atoms with Crippen LogP contribution in [0.4, 0.5) is 5.69 Å². The zero-order chi connectivity index (χ0) is 20.8. The molecule has 0 aliphatic carbocycles. The Morgan fingerprint density at radius 3 is 2.39 bits per heavy atom. The summed E-state index contributed by atoms with van der Waals surface area (Å²) in [5.41, 5.74) is 1.82. The fourth-order valence-corrected chi connectivity index (χ4v) is 3.18.